The molecule has 0 aliphatic rings. The topological polar surface area (TPSA) is 57.3 Å². The van der Waals surface area contributed by atoms with Crippen molar-refractivity contribution in [3.8, 4) is 6.07 Å². The lowest BCUT2D eigenvalue weighted by molar-refractivity contribution is -0.885. The molecule has 0 fully saturated rings. The zero-order valence-electron chi connectivity index (χ0n) is 13.0. The first-order chi connectivity index (χ1) is 9.76. The summed E-state index contributed by atoms with van der Waals surface area (Å²) in [6.45, 7) is 6.75. The SMILES string of the molecule is CC(C)[C@](C)(C#N)NC(=O)C[NH+](C)Cc1ccc(Br)cc1. The predicted octanol–water partition coefficient (Wildman–Crippen LogP) is 1.52. The summed E-state index contributed by atoms with van der Waals surface area (Å²) in [5.74, 6) is -0.0272. The summed E-state index contributed by atoms with van der Waals surface area (Å²) in [6, 6.07) is 10.3. The Kier molecular flexibility index (Phi) is 6.38. The number of amides is 1. The maximum Gasteiger partial charge on any atom is 0.276 e. The third-order valence-corrected chi connectivity index (χ3v) is 4.20. The van der Waals surface area contributed by atoms with Crippen molar-refractivity contribution < 1.29 is 9.69 Å². The fourth-order valence-corrected chi connectivity index (χ4v) is 2.19. The highest BCUT2D eigenvalue weighted by molar-refractivity contribution is 9.10. The Balaban J connectivity index is 2.55. The van der Waals surface area contributed by atoms with E-state index in [1.165, 1.54) is 5.56 Å². The van der Waals surface area contributed by atoms with Crippen LogP contribution < -0.4 is 10.2 Å². The van der Waals surface area contributed by atoms with Gasteiger partial charge in [0.2, 0.25) is 0 Å². The van der Waals surface area contributed by atoms with Crippen molar-refractivity contribution in [3.63, 3.8) is 0 Å². The molecule has 0 bridgehead atoms. The number of nitrogens with zero attached hydrogens (tertiary/aromatic N) is 1. The molecule has 0 aliphatic carbocycles. The fraction of sp³-hybridized carbons (Fsp3) is 0.500. The van der Waals surface area contributed by atoms with Crippen LogP contribution in [0.5, 0.6) is 0 Å². The van der Waals surface area contributed by atoms with E-state index in [9.17, 15) is 10.1 Å². The lowest BCUT2D eigenvalue weighted by Gasteiger charge is -2.27. The van der Waals surface area contributed by atoms with Crippen LogP contribution in [0.25, 0.3) is 0 Å². The number of likely N-dealkylation sites (N-methyl/N-ethyl adjacent to an activating group) is 1. The average Bonchev–Trinajstić information content (AvgIpc) is 2.40. The maximum absolute atomic E-state index is 12.1. The largest absolute Gasteiger partial charge is 0.333 e. The first kappa shape index (κ1) is 17.7. The highest BCUT2D eigenvalue weighted by atomic mass is 79.9. The van der Waals surface area contributed by atoms with Crippen molar-refractivity contribution in [1.82, 2.24) is 5.32 Å². The number of nitrogens with one attached hydrogen (secondary N) is 2. The quantitative estimate of drug-likeness (QED) is 0.815. The van der Waals surface area contributed by atoms with Crippen LogP contribution in [-0.4, -0.2) is 25.0 Å². The molecule has 2 N–H and O–H groups in total. The second-order valence-electron chi connectivity index (χ2n) is 5.95. The van der Waals surface area contributed by atoms with Crippen molar-refractivity contribution in [3.05, 3.63) is 34.3 Å². The highest BCUT2D eigenvalue weighted by Crippen LogP contribution is 2.14. The van der Waals surface area contributed by atoms with Crippen molar-refractivity contribution in [1.29, 1.82) is 5.26 Å². The molecular formula is C16H23BrN3O+. The van der Waals surface area contributed by atoms with Gasteiger partial charge in [-0.1, -0.05) is 41.9 Å². The smallest absolute Gasteiger partial charge is 0.276 e. The van der Waals surface area contributed by atoms with Crippen LogP contribution in [0, 0.1) is 17.2 Å². The van der Waals surface area contributed by atoms with Gasteiger partial charge in [-0.2, -0.15) is 5.26 Å². The molecular weight excluding hydrogens is 330 g/mol. The van der Waals surface area contributed by atoms with Crippen molar-refractivity contribution >= 4 is 21.8 Å². The minimum absolute atomic E-state index is 0.0678. The van der Waals surface area contributed by atoms with Crippen LogP contribution in [0.1, 0.15) is 26.3 Å². The molecule has 0 aromatic heterocycles. The van der Waals surface area contributed by atoms with Crippen molar-refractivity contribution in [2.75, 3.05) is 13.6 Å². The molecule has 5 heteroatoms. The lowest BCUT2D eigenvalue weighted by Crippen LogP contribution is -3.09. The molecule has 0 saturated carbocycles. The van der Waals surface area contributed by atoms with Crippen LogP contribution in [0.4, 0.5) is 0 Å². The monoisotopic (exact) mass is 352 g/mol. The average molecular weight is 353 g/mol. The number of halogens is 1. The van der Waals surface area contributed by atoms with Crippen molar-refractivity contribution in [2.45, 2.75) is 32.9 Å². The van der Waals surface area contributed by atoms with Gasteiger partial charge in [-0.15, -0.1) is 0 Å². The first-order valence-corrected chi connectivity index (χ1v) is 7.84. The minimum Gasteiger partial charge on any atom is -0.333 e. The summed E-state index contributed by atoms with van der Waals surface area (Å²) in [5, 5.41) is 12.1. The third-order valence-electron chi connectivity index (χ3n) is 3.67. The maximum atomic E-state index is 12.1. The normalized spacial score (nSPS) is 15.1. The van der Waals surface area contributed by atoms with E-state index in [1.54, 1.807) is 6.92 Å². The summed E-state index contributed by atoms with van der Waals surface area (Å²) < 4.78 is 1.04. The van der Waals surface area contributed by atoms with Crippen LogP contribution in [0.2, 0.25) is 0 Å². The van der Waals surface area contributed by atoms with Crippen LogP contribution in [-0.2, 0) is 11.3 Å². The summed E-state index contributed by atoms with van der Waals surface area (Å²) in [4.78, 5) is 13.2. The molecule has 114 valence electrons. The third kappa shape index (κ3) is 5.49. The molecule has 1 unspecified atom stereocenters. The number of benzene rings is 1. The second-order valence-corrected chi connectivity index (χ2v) is 6.87. The number of hydrogen-bond donors (Lipinski definition) is 2. The van der Waals surface area contributed by atoms with Gasteiger partial charge < -0.3 is 10.2 Å². The predicted molar refractivity (Wildman–Crippen MR) is 86.6 cm³/mol. The summed E-state index contributed by atoms with van der Waals surface area (Å²) in [6.07, 6.45) is 0. The Bertz CT molecular complexity index is 521. The van der Waals surface area contributed by atoms with E-state index in [-0.39, 0.29) is 11.8 Å². The second kappa shape index (κ2) is 7.58. The van der Waals surface area contributed by atoms with Crippen molar-refractivity contribution in [2.24, 2.45) is 5.92 Å². The molecule has 4 nitrogen and oxygen atoms in total. The Morgan fingerprint density at radius 2 is 2.00 bits per heavy atom. The van der Waals surface area contributed by atoms with E-state index < -0.39 is 5.54 Å². The molecule has 2 atom stereocenters. The Hall–Kier alpha value is -1.38. The van der Waals surface area contributed by atoms with Gasteiger partial charge in [0.15, 0.2) is 6.54 Å². The van der Waals surface area contributed by atoms with Crippen LogP contribution >= 0.6 is 15.9 Å². The van der Waals surface area contributed by atoms with E-state index in [2.05, 4.69) is 27.3 Å². The molecule has 0 saturated heterocycles. The Morgan fingerprint density at radius 1 is 1.43 bits per heavy atom. The number of nitriles is 1. The molecule has 1 aromatic rings. The summed E-state index contributed by atoms with van der Waals surface area (Å²) in [7, 11) is 1.97. The molecule has 21 heavy (non-hydrogen) atoms. The zero-order valence-corrected chi connectivity index (χ0v) is 14.6. The number of carbonyl (C=O) groups is 1. The molecule has 1 aromatic carbocycles. The van der Waals surface area contributed by atoms with E-state index in [0.717, 1.165) is 15.9 Å². The fourth-order valence-electron chi connectivity index (χ4n) is 1.92. The molecule has 0 aliphatic heterocycles. The van der Waals surface area contributed by atoms with Gasteiger partial charge in [0.1, 0.15) is 12.1 Å². The van der Waals surface area contributed by atoms with E-state index >= 15 is 0 Å². The van der Waals surface area contributed by atoms with Gasteiger partial charge in [0.05, 0.1) is 13.1 Å². The van der Waals surface area contributed by atoms with E-state index in [1.807, 2.05) is 45.2 Å². The molecule has 1 amide bonds. The standard InChI is InChI=1S/C16H22BrN3O/c1-12(2)16(3,11-18)19-15(21)10-20(4)9-13-5-7-14(17)8-6-13/h5-8,12H,9-10H2,1-4H3,(H,19,21)/p+1/t16-/m0/s1. The molecule has 0 radical (unpaired) electrons. The number of hydrogen-bond acceptors (Lipinski definition) is 2. The number of quaternary nitrogens is 1. The summed E-state index contributed by atoms with van der Waals surface area (Å²) >= 11 is 3.40. The minimum atomic E-state index is -0.811. The number of carbonyl (C=O) groups excluding carboxylic acids is 1. The lowest BCUT2D eigenvalue weighted by atomic mass is 9.90. The van der Waals surface area contributed by atoms with Crippen LogP contribution in [0.3, 0.4) is 0 Å². The van der Waals surface area contributed by atoms with Gasteiger partial charge >= 0.3 is 0 Å². The molecule has 1 rings (SSSR count). The van der Waals surface area contributed by atoms with Gasteiger partial charge in [-0.25, -0.2) is 0 Å². The molecule has 0 spiro atoms. The first-order valence-electron chi connectivity index (χ1n) is 7.05. The van der Waals surface area contributed by atoms with Crippen LogP contribution in [0.15, 0.2) is 28.7 Å². The van der Waals surface area contributed by atoms with E-state index in [0.29, 0.717) is 6.54 Å². The molecule has 0 heterocycles. The Morgan fingerprint density at radius 3 is 2.48 bits per heavy atom. The van der Waals surface area contributed by atoms with Gasteiger partial charge in [-0.05, 0) is 25.0 Å². The van der Waals surface area contributed by atoms with Gasteiger partial charge in [-0.3, -0.25) is 4.79 Å². The zero-order chi connectivity index (χ0) is 16.0. The Labute approximate surface area is 135 Å². The van der Waals surface area contributed by atoms with E-state index in [4.69, 9.17) is 0 Å². The van der Waals surface area contributed by atoms with Gasteiger partial charge in [0, 0.05) is 10.0 Å². The number of rotatable bonds is 6. The van der Waals surface area contributed by atoms with Gasteiger partial charge in [0.25, 0.3) is 5.91 Å². The highest BCUT2D eigenvalue weighted by Gasteiger charge is 2.30. The summed E-state index contributed by atoms with van der Waals surface area (Å²) in [5.41, 5.74) is 0.366.